The summed E-state index contributed by atoms with van der Waals surface area (Å²) in [5.74, 6) is 0. The quantitative estimate of drug-likeness (QED) is 0.134. The summed E-state index contributed by atoms with van der Waals surface area (Å²) < 4.78 is 54.5. The van der Waals surface area contributed by atoms with Gasteiger partial charge in [-0.1, -0.05) is 65.2 Å². The molecule has 2 aliphatic rings. The lowest BCUT2D eigenvalue weighted by Gasteiger charge is -2.33. The van der Waals surface area contributed by atoms with Gasteiger partial charge >= 0.3 is 0 Å². The lowest BCUT2D eigenvalue weighted by molar-refractivity contribution is 0.384. The Morgan fingerprint density at radius 2 is 1.00 bits per heavy atom. The fourth-order valence-corrected chi connectivity index (χ4v) is 12.0. The molecule has 0 bridgehead atoms. The fourth-order valence-electron chi connectivity index (χ4n) is 7.18. The summed E-state index contributed by atoms with van der Waals surface area (Å²) in [6, 6.07) is 25.5. The zero-order valence-electron chi connectivity index (χ0n) is 34.0. The van der Waals surface area contributed by atoms with Gasteiger partial charge in [0.2, 0.25) is 20.0 Å². The molecule has 4 aromatic carbocycles. The summed E-state index contributed by atoms with van der Waals surface area (Å²) in [6.45, 7) is 12.8. The first-order valence-electron chi connectivity index (χ1n) is 19.7. The van der Waals surface area contributed by atoms with Gasteiger partial charge in [0.25, 0.3) is 0 Å². The van der Waals surface area contributed by atoms with Crippen molar-refractivity contribution in [1.82, 2.24) is 18.6 Å². The molecule has 2 fully saturated rings. The number of aromatic nitrogens is 2. The van der Waals surface area contributed by atoms with Gasteiger partial charge in [0.05, 0.1) is 21.2 Å². The molecule has 0 aliphatic carbocycles. The van der Waals surface area contributed by atoms with Gasteiger partial charge in [-0.3, -0.25) is 0 Å². The van der Waals surface area contributed by atoms with Crippen molar-refractivity contribution < 1.29 is 16.8 Å². The summed E-state index contributed by atoms with van der Waals surface area (Å²) in [5, 5.41) is 7.18. The smallest absolute Gasteiger partial charge is 0.243 e. The molecule has 316 valence electrons. The Balaban J connectivity index is 0.000000181. The SMILES string of the molecule is Cc1ccc(C)c(Cc2csc(N3CCN(S(=O)(=O)c4ccc(Cl)cc4)CC3)n2)c1.Cc1cccc(Cc2csc(N3CCN(S(=O)(=O)c4ccc(Cl)cc4)CC3)n2)c1C. The van der Waals surface area contributed by atoms with E-state index < -0.39 is 20.0 Å². The molecule has 0 unspecified atom stereocenters. The first-order valence-corrected chi connectivity index (χ1v) is 25.1. The molecule has 0 spiro atoms. The highest BCUT2D eigenvalue weighted by Gasteiger charge is 2.31. The van der Waals surface area contributed by atoms with Crippen molar-refractivity contribution in [2.24, 2.45) is 0 Å². The lowest BCUT2D eigenvalue weighted by Crippen LogP contribution is -2.48. The van der Waals surface area contributed by atoms with Crippen LogP contribution in [0.4, 0.5) is 10.3 Å². The van der Waals surface area contributed by atoms with Crippen LogP contribution in [-0.4, -0.2) is 87.8 Å². The summed E-state index contributed by atoms with van der Waals surface area (Å²) >= 11 is 15.0. The standard InChI is InChI=1S/2C22H24ClN3O2S2/c1-16-3-4-17(2)18(13-16)14-20-15-29-22(24-20)25-9-11-26(12-10-25)30(27,28)21-7-5-19(23)6-8-21;1-16-4-3-5-18(17(16)2)14-20-15-29-22(24-20)25-10-12-26(13-11-25)30(27,28)21-8-6-19(23)7-9-21/h3-8,13,15H,9-12,14H2,1-2H3;3-9,15H,10-14H2,1-2H3. The maximum atomic E-state index is 12.9. The second-order valence-corrected chi connectivity index (χ2v) is 21.5. The number of anilines is 2. The lowest BCUT2D eigenvalue weighted by atomic mass is 10.0. The molecule has 16 heteroatoms. The molecule has 2 aliphatic heterocycles. The zero-order valence-corrected chi connectivity index (χ0v) is 38.8. The Bertz CT molecular complexity index is 2500. The average Bonchev–Trinajstić information content (AvgIpc) is 3.92. The van der Waals surface area contributed by atoms with Crippen LogP contribution < -0.4 is 9.80 Å². The summed E-state index contributed by atoms with van der Waals surface area (Å²) in [5.41, 5.74) is 9.84. The molecule has 0 radical (unpaired) electrons. The Hall–Kier alpha value is -3.86. The van der Waals surface area contributed by atoms with Crippen LogP contribution in [0.2, 0.25) is 10.0 Å². The molecule has 10 nitrogen and oxygen atoms in total. The molecular formula is C44H48Cl2N6O4S4. The number of aryl methyl sites for hydroxylation is 3. The van der Waals surface area contributed by atoms with Crippen molar-refractivity contribution in [3.8, 4) is 0 Å². The Labute approximate surface area is 372 Å². The van der Waals surface area contributed by atoms with Gasteiger partial charge in [-0.05, 0) is 104 Å². The largest absolute Gasteiger partial charge is 0.345 e. The minimum atomic E-state index is -3.50. The van der Waals surface area contributed by atoms with Gasteiger partial charge < -0.3 is 9.80 Å². The molecule has 0 saturated carbocycles. The molecule has 4 heterocycles. The number of hydrogen-bond acceptors (Lipinski definition) is 10. The van der Waals surface area contributed by atoms with E-state index in [-0.39, 0.29) is 9.79 Å². The normalized spacial score (nSPS) is 15.5. The molecule has 2 saturated heterocycles. The highest BCUT2D eigenvalue weighted by molar-refractivity contribution is 7.89. The van der Waals surface area contributed by atoms with Crippen molar-refractivity contribution in [2.75, 3.05) is 62.2 Å². The highest BCUT2D eigenvalue weighted by Crippen LogP contribution is 2.29. The third-order valence-corrected chi connectivity index (χ3v) is 17.2. The van der Waals surface area contributed by atoms with Crippen molar-refractivity contribution in [3.63, 3.8) is 0 Å². The van der Waals surface area contributed by atoms with Crippen LogP contribution in [-0.2, 0) is 32.9 Å². The Morgan fingerprint density at radius 3 is 1.47 bits per heavy atom. The molecule has 60 heavy (non-hydrogen) atoms. The first kappa shape index (κ1) is 44.2. The van der Waals surface area contributed by atoms with Crippen molar-refractivity contribution in [2.45, 2.75) is 50.3 Å². The molecule has 2 aromatic heterocycles. The number of hydrogen-bond donors (Lipinski definition) is 0. The van der Waals surface area contributed by atoms with E-state index >= 15 is 0 Å². The highest BCUT2D eigenvalue weighted by atomic mass is 35.5. The number of piperazine rings is 2. The van der Waals surface area contributed by atoms with Gasteiger partial charge in [0.1, 0.15) is 0 Å². The van der Waals surface area contributed by atoms with E-state index in [9.17, 15) is 16.8 Å². The minimum absolute atomic E-state index is 0.283. The topological polar surface area (TPSA) is 107 Å². The summed E-state index contributed by atoms with van der Waals surface area (Å²) in [7, 11) is -7.00. The van der Waals surface area contributed by atoms with Gasteiger partial charge in [-0.15, -0.1) is 22.7 Å². The van der Waals surface area contributed by atoms with Crippen molar-refractivity contribution in [1.29, 1.82) is 0 Å². The maximum absolute atomic E-state index is 12.9. The van der Waals surface area contributed by atoms with Crippen LogP contribution in [0.25, 0.3) is 0 Å². The van der Waals surface area contributed by atoms with Gasteiger partial charge in [-0.2, -0.15) is 8.61 Å². The Morgan fingerprint density at radius 1 is 0.550 bits per heavy atom. The van der Waals surface area contributed by atoms with Gasteiger partial charge in [0, 0.05) is 86.0 Å². The summed E-state index contributed by atoms with van der Waals surface area (Å²) in [4.78, 5) is 14.5. The van der Waals surface area contributed by atoms with E-state index in [1.165, 1.54) is 42.0 Å². The zero-order chi connectivity index (χ0) is 42.6. The number of halogens is 2. The molecule has 0 atom stereocenters. The monoisotopic (exact) mass is 922 g/mol. The van der Waals surface area contributed by atoms with Crippen LogP contribution in [0.5, 0.6) is 0 Å². The van der Waals surface area contributed by atoms with E-state index in [0.29, 0.717) is 62.4 Å². The van der Waals surface area contributed by atoms with Crippen LogP contribution in [0, 0.1) is 27.7 Å². The number of nitrogens with zero attached hydrogens (tertiary/aromatic N) is 6. The third kappa shape index (κ3) is 10.4. The number of sulfonamides is 2. The number of rotatable bonds is 10. The molecule has 8 rings (SSSR count). The number of thiazole rings is 2. The Kier molecular flexibility index (Phi) is 14.0. The van der Waals surface area contributed by atoms with Crippen LogP contribution in [0.1, 0.15) is 44.8 Å². The predicted octanol–water partition coefficient (Wildman–Crippen LogP) is 9.03. The summed E-state index contributed by atoms with van der Waals surface area (Å²) in [6.07, 6.45) is 1.63. The molecule has 0 amide bonds. The first-order chi connectivity index (χ1) is 28.7. The van der Waals surface area contributed by atoms with Crippen LogP contribution in [0.15, 0.2) is 105 Å². The molecule has 6 aromatic rings. The van der Waals surface area contributed by atoms with E-state index in [1.807, 2.05) is 0 Å². The predicted molar refractivity (Wildman–Crippen MR) is 247 cm³/mol. The van der Waals surface area contributed by atoms with Gasteiger partial charge in [-0.25, -0.2) is 26.8 Å². The average molecular weight is 924 g/mol. The minimum Gasteiger partial charge on any atom is -0.345 e. The van der Waals surface area contributed by atoms with Crippen molar-refractivity contribution in [3.05, 3.63) is 151 Å². The van der Waals surface area contributed by atoms with Crippen LogP contribution >= 0.6 is 45.9 Å². The molecular weight excluding hydrogens is 876 g/mol. The number of benzene rings is 4. The third-order valence-electron chi connectivity index (χ3n) is 11.0. The van der Waals surface area contributed by atoms with Crippen LogP contribution in [0.3, 0.4) is 0 Å². The second kappa shape index (κ2) is 19.0. The van der Waals surface area contributed by atoms with E-state index in [4.69, 9.17) is 33.2 Å². The van der Waals surface area contributed by atoms with E-state index in [2.05, 4.69) is 84.7 Å². The van der Waals surface area contributed by atoms with Crippen molar-refractivity contribution >= 4 is 76.2 Å². The molecule has 0 N–H and O–H groups in total. The van der Waals surface area contributed by atoms with E-state index in [0.717, 1.165) is 34.5 Å². The maximum Gasteiger partial charge on any atom is 0.243 e. The second-order valence-electron chi connectivity index (χ2n) is 15.1. The van der Waals surface area contributed by atoms with E-state index in [1.54, 1.807) is 71.2 Å². The van der Waals surface area contributed by atoms with Gasteiger partial charge in [0.15, 0.2) is 10.3 Å². The fraction of sp³-hybridized carbons (Fsp3) is 0.318.